The Balaban J connectivity index is 2.21. The quantitative estimate of drug-likeness (QED) is 0.878. The van der Waals surface area contributed by atoms with Crippen LogP contribution in [0.5, 0.6) is 5.75 Å². The molecule has 0 aliphatic heterocycles. The zero-order valence-corrected chi connectivity index (χ0v) is 10.1. The van der Waals surface area contributed by atoms with E-state index in [9.17, 15) is 9.90 Å². The van der Waals surface area contributed by atoms with Crippen LogP contribution in [0.1, 0.15) is 13.3 Å². The van der Waals surface area contributed by atoms with Crippen LogP contribution in [0, 0.1) is 0 Å². The molecule has 0 unspecified atom stereocenters. The molecule has 0 spiro atoms. The average molecular weight is 248 g/mol. The molecule has 4 nitrogen and oxygen atoms in total. The number of anilines is 1. The lowest BCUT2D eigenvalue weighted by Gasteiger charge is -1.98. The first-order chi connectivity index (χ1) is 8.19. The second-order valence-corrected chi connectivity index (χ2v) is 4.35. The van der Waals surface area contributed by atoms with Crippen LogP contribution in [0.4, 0.5) is 5.13 Å². The third kappa shape index (κ3) is 2.82. The van der Waals surface area contributed by atoms with Crippen molar-refractivity contribution in [1.29, 1.82) is 0 Å². The minimum absolute atomic E-state index is 0.0539. The standard InChI is InChI=1S/C12H12N2O2S/c1-2-11(16)14-12-13-10(7-17-12)8-4-3-5-9(15)6-8/h3-7,15H,2H2,1H3,(H,13,14,16). The zero-order chi connectivity index (χ0) is 12.3. The van der Waals surface area contributed by atoms with Crippen LogP contribution in [0.3, 0.4) is 0 Å². The molecule has 1 aromatic carbocycles. The maximum absolute atomic E-state index is 11.2. The van der Waals surface area contributed by atoms with Gasteiger partial charge in [0.2, 0.25) is 5.91 Å². The van der Waals surface area contributed by atoms with Gasteiger partial charge in [-0.05, 0) is 12.1 Å². The summed E-state index contributed by atoms with van der Waals surface area (Å²) in [5.41, 5.74) is 1.58. The van der Waals surface area contributed by atoms with Gasteiger partial charge in [-0.15, -0.1) is 11.3 Å². The lowest BCUT2D eigenvalue weighted by molar-refractivity contribution is -0.115. The summed E-state index contributed by atoms with van der Waals surface area (Å²) in [7, 11) is 0. The second kappa shape index (κ2) is 4.97. The van der Waals surface area contributed by atoms with Crippen molar-refractivity contribution in [2.24, 2.45) is 0 Å². The van der Waals surface area contributed by atoms with Crippen molar-refractivity contribution in [3.63, 3.8) is 0 Å². The smallest absolute Gasteiger partial charge is 0.225 e. The predicted molar refractivity (Wildman–Crippen MR) is 68.1 cm³/mol. The van der Waals surface area contributed by atoms with Gasteiger partial charge in [-0.3, -0.25) is 4.79 Å². The summed E-state index contributed by atoms with van der Waals surface area (Å²) in [4.78, 5) is 15.5. The number of amides is 1. The van der Waals surface area contributed by atoms with Crippen LogP contribution in [0.15, 0.2) is 29.6 Å². The van der Waals surface area contributed by atoms with E-state index in [1.807, 2.05) is 11.4 Å². The van der Waals surface area contributed by atoms with Gasteiger partial charge < -0.3 is 10.4 Å². The first-order valence-corrected chi connectivity index (χ1v) is 6.12. The van der Waals surface area contributed by atoms with E-state index < -0.39 is 0 Å². The van der Waals surface area contributed by atoms with Gasteiger partial charge in [0.1, 0.15) is 5.75 Å². The first kappa shape index (κ1) is 11.6. The Kier molecular flexibility index (Phi) is 3.39. The van der Waals surface area contributed by atoms with Crippen molar-refractivity contribution < 1.29 is 9.90 Å². The third-order valence-electron chi connectivity index (χ3n) is 2.21. The minimum Gasteiger partial charge on any atom is -0.508 e. The topological polar surface area (TPSA) is 62.2 Å². The van der Waals surface area contributed by atoms with E-state index >= 15 is 0 Å². The lowest BCUT2D eigenvalue weighted by atomic mass is 10.2. The summed E-state index contributed by atoms with van der Waals surface area (Å²) < 4.78 is 0. The minimum atomic E-state index is -0.0539. The normalized spacial score (nSPS) is 10.2. The number of carbonyl (C=O) groups excluding carboxylic acids is 1. The number of thiazole rings is 1. The molecule has 1 heterocycles. The largest absolute Gasteiger partial charge is 0.508 e. The summed E-state index contributed by atoms with van der Waals surface area (Å²) in [6, 6.07) is 6.87. The van der Waals surface area contributed by atoms with E-state index in [-0.39, 0.29) is 11.7 Å². The number of aromatic nitrogens is 1. The summed E-state index contributed by atoms with van der Waals surface area (Å²) in [5, 5.41) is 14.5. The molecule has 2 N–H and O–H groups in total. The van der Waals surface area contributed by atoms with Gasteiger partial charge >= 0.3 is 0 Å². The molecule has 0 atom stereocenters. The van der Waals surface area contributed by atoms with Crippen LogP contribution >= 0.6 is 11.3 Å². The van der Waals surface area contributed by atoms with Gasteiger partial charge in [0.25, 0.3) is 0 Å². The molecule has 1 aromatic heterocycles. The van der Waals surface area contributed by atoms with Crippen LogP contribution in [0.25, 0.3) is 11.3 Å². The molecule has 0 aliphatic carbocycles. The van der Waals surface area contributed by atoms with E-state index in [0.717, 1.165) is 11.3 Å². The molecular formula is C12H12N2O2S. The molecule has 17 heavy (non-hydrogen) atoms. The van der Waals surface area contributed by atoms with Crippen molar-refractivity contribution in [3.05, 3.63) is 29.6 Å². The van der Waals surface area contributed by atoms with Gasteiger partial charge in [0.15, 0.2) is 5.13 Å². The number of aromatic hydroxyl groups is 1. The molecular weight excluding hydrogens is 236 g/mol. The SMILES string of the molecule is CCC(=O)Nc1nc(-c2cccc(O)c2)cs1. The van der Waals surface area contributed by atoms with Gasteiger partial charge in [-0.25, -0.2) is 4.98 Å². The van der Waals surface area contributed by atoms with Gasteiger partial charge in [-0.2, -0.15) is 0 Å². The highest BCUT2D eigenvalue weighted by molar-refractivity contribution is 7.14. The predicted octanol–water partition coefficient (Wildman–Crippen LogP) is 2.86. The second-order valence-electron chi connectivity index (χ2n) is 3.49. The van der Waals surface area contributed by atoms with Crippen LogP contribution in [-0.2, 0) is 4.79 Å². The van der Waals surface area contributed by atoms with Crippen molar-refractivity contribution >= 4 is 22.4 Å². The Morgan fingerprint density at radius 3 is 3.06 bits per heavy atom. The fourth-order valence-corrected chi connectivity index (χ4v) is 2.07. The molecule has 0 fully saturated rings. The highest BCUT2D eigenvalue weighted by atomic mass is 32.1. The van der Waals surface area contributed by atoms with Crippen molar-refractivity contribution in [1.82, 2.24) is 4.98 Å². The molecule has 1 amide bonds. The lowest BCUT2D eigenvalue weighted by Crippen LogP contribution is -2.08. The third-order valence-corrected chi connectivity index (χ3v) is 2.97. The molecule has 0 aliphatic rings. The Morgan fingerprint density at radius 2 is 2.35 bits per heavy atom. The fourth-order valence-electron chi connectivity index (χ4n) is 1.34. The molecule has 0 saturated heterocycles. The number of nitrogens with one attached hydrogen (secondary N) is 1. The van der Waals surface area contributed by atoms with E-state index in [4.69, 9.17) is 0 Å². The number of rotatable bonds is 3. The number of hydrogen-bond acceptors (Lipinski definition) is 4. The van der Waals surface area contributed by atoms with E-state index in [2.05, 4.69) is 10.3 Å². The van der Waals surface area contributed by atoms with Crippen molar-refractivity contribution in [2.75, 3.05) is 5.32 Å². The zero-order valence-electron chi connectivity index (χ0n) is 9.30. The van der Waals surface area contributed by atoms with Gasteiger partial charge in [0.05, 0.1) is 5.69 Å². The number of phenols is 1. The molecule has 2 aromatic rings. The molecule has 0 bridgehead atoms. The van der Waals surface area contributed by atoms with Crippen LogP contribution < -0.4 is 5.32 Å². The van der Waals surface area contributed by atoms with E-state index in [1.54, 1.807) is 25.1 Å². The maximum atomic E-state index is 11.2. The number of hydrogen-bond donors (Lipinski definition) is 2. The number of carbonyl (C=O) groups is 1. The molecule has 5 heteroatoms. The number of nitrogens with zero attached hydrogens (tertiary/aromatic N) is 1. The summed E-state index contributed by atoms with van der Waals surface area (Å²) in [6.45, 7) is 1.79. The Labute approximate surface area is 103 Å². The summed E-state index contributed by atoms with van der Waals surface area (Å²) in [5.74, 6) is 0.149. The Bertz CT molecular complexity index is 537. The Hall–Kier alpha value is -1.88. The van der Waals surface area contributed by atoms with Crippen LogP contribution in [-0.4, -0.2) is 16.0 Å². The number of benzene rings is 1. The van der Waals surface area contributed by atoms with Crippen molar-refractivity contribution in [2.45, 2.75) is 13.3 Å². The molecule has 0 radical (unpaired) electrons. The van der Waals surface area contributed by atoms with E-state index in [1.165, 1.54) is 11.3 Å². The highest BCUT2D eigenvalue weighted by Gasteiger charge is 2.06. The molecule has 0 saturated carbocycles. The average Bonchev–Trinajstić information content (AvgIpc) is 2.77. The first-order valence-electron chi connectivity index (χ1n) is 5.24. The summed E-state index contributed by atoms with van der Waals surface area (Å²) >= 11 is 1.37. The Morgan fingerprint density at radius 1 is 1.53 bits per heavy atom. The monoisotopic (exact) mass is 248 g/mol. The maximum Gasteiger partial charge on any atom is 0.225 e. The molecule has 2 rings (SSSR count). The van der Waals surface area contributed by atoms with E-state index in [0.29, 0.717) is 11.6 Å². The number of phenolic OH excluding ortho intramolecular Hbond substituents is 1. The van der Waals surface area contributed by atoms with Crippen molar-refractivity contribution in [3.8, 4) is 17.0 Å². The molecule has 88 valence electrons. The van der Waals surface area contributed by atoms with Gasteiger partial charge in [0, 0.05) is 17.4 Å². The van der Waals surface area contributed by atoms with Crippen LogP contribution in [0.2, 0.25) is 0 Å². The summed E-state index contributed by atoms with van der Waals surface area (Å²) in [6.07, 6.45) is 0.432. The highest BCUT2D eigenvalue weighted by Crippen LogP contribution is 2.26. The van der Waals surface area contributed by atoms with Gasteiger partial charge in [-0.1, -0.05) is 19.1 Å². The fraction of sp³-hybridized carbons (Fsp3) is 0.167.